The van der Waals surface area contributed by atoms with E-state index in [4.69, 9.17) is 17.2 Å². The number of hydrogen-bond donors (Lipinski definition) is 2. The molecule has 2 aromatic carbocycles. The molecule has 0 aliphatic carbocycles. The van der Waals surface area contributed by atoms with Crippen LogP contribution in [-0.2, 0) is 6.42 Å². The summed E-state index contributed by atoms with van der Waals surface area (Å²) in [5.74, 6) is 1.46. The maximum atomic E-state index is 5.67. The standard InChI is InChI=1S/C21H24N4S/c1-2-15-9-11-17(12-10-15)22-21(26)25-13-5-6-16(14-25)20-23-18-7-3-4-8-19(18)24-20/h3-4,7-12,16H,2,5-6,13-14H2,1H3,(H,22,26)(H,23,24)/t16-/m1/s1. The van der Waals surface area contributed by atoms with Crippen molar-refractivity contribution in [2.45, 2.75) is 32.1 Å². The second kappa shape index (κ2) is 7.46. The number of imidazole rings is 1. The maximum Gasteiger partial charge on any atom is 0.173 e. The third-order valence-corrected chi connectivity index (χ3v) is 5.48. The molecule has 0 bridgehead atoms. The Bertz CT molecular complexity index is 867. The fourth-order valence-corrected chi connectivity index (χ4v) is 3.86. The smallest absolute Gasteiger partial charge is 0.173 e. The van der Waals surface area contributed by atoms with Crippen molar-refractivity contribution >= 4 is 34.1 Å². The number of aryl methyl sites for hydroxylation is 1. The van der Waals surface area contributed by atoms with Gasteiger partial charge in [0.25, 0.3) is 0 Å². The molecule has 4 rings (SSSR count). The number of para-hydroxylation sites is 2. The van der Waals surface area contributed by atoms with Gasteiger partial charge in [0.2, 0.25) is 0 Å². The summed E-state index contributed by atoms with van der Waals surface area (Å²) < 4.78 is 0. The third-order valence-electron chi connectivity index (χ3n) is 5.12. The molecule has 2 N–H and O–H groups in total. The average Bonchev–Trinajstić information content (AvgIpc) is 3.13. The zero-order valence-corrected chi connectivity index (χ0v) is 15.9. The van der Waals surface area contributed by atoms with Crippen LogP contribution in [0.15, 0.2) is 48.5 Å². The number of rotatable bonds is 3. The van der Waals surface area contributed by atoms with E-state index in [1.807, 2.05) is 12.1 Å². The van der Waals surface area contributed by atoms with Gasteiger partial charge in [-0.05, 0) is 61.3 Å². The average molecular weight is 365 g/mol. The number of likely N-dealkylation sites (tertiary alicyclic amines) is 1. The molecule has 2 heterocycles. The second-order valence-corrected chi connectivity index (χ2v) is 7.29. The predicted molar refractivity (Wildman–Crippen MR) is 112 cm³/mol. The summed E-state index contributed by atoms with van der Waals surface area (Å²) in [5.41, 5.74) is 4.54. The number of aromatic amines is 1. The highest BCUT2D eigenvalue weighted by molar-refractivity contribution is 7.80. The molecule has 26 heavy (non-hydrogen) atoms. The summed E-state index contributed by atoms with van der Waals surface area (Å²) in [7, 11) is 0. The van der Waals surface area contributed by atoms with E-state index in [0.717, 1.165) is 60.0 Å². The first-order valence-corrected chi connectivity index (χ1v) is 9.73. The van der Waals surface area contributed by atoms with Gasteiger partial charge in [-0.2, -0.15) is 0 Å². The van der Waals surface area contributed by atoms with E-state index >= 15 is 0 Å². The Kier molecular flexibility index (Phi) is 4.89. The van der Waals surface area contributed by atoms with Crippen LogP contribution in [0.5, 0.6) is 0 Å². The van der Waals surface area contributed by atoms with Gasteiger partial charge in [0.1, 0.15) is 5.82 Å². The first kappa shape index (κ1) is 17.0. The van der Waals surface area contributed by atoms with Crippen LogP contribution in [-0.4, -0.2) is 33.1 Å². The van der Waals surface area contributed by atoms with E-state index in [2.05, 4.69) is 58.5 Å². The molecule has 1 aliphatic rings. The fourth-order valence-electron chi connectivity index (χ4n) is 3.58. The number of nitrogens with zero attached hydrogens (tertiary/aromatic N) is 2. The van der Waals surface area contributed by atoms with Gasteiger partial charge in [-0.25, -0.2) is 4.98 Å². The number of benzene rings is 2. The first-order chi connectivity index (χ1) is 12.7. The Hall–Kier alpha value is -2.40. The van der Waals surface area contributed by atoms with E-state index in [-0.39, 0.29) is 0 Å². The predicted octanol–water partition coefficient (Wildman–Crippen LogP) is 4.70. The number of piperidine rings is 1. The second-order valence-electron chi connectivity index (χ2n) is 6.90. The monoisotopic (exact) mass is 364 g/mol. The number of hydrogen-bond acceptors (Lipinski definition) is 2. The zero-order valence-electron chi connectivity index (χ0n) is 15.0. The number of thiocarbonyl (C=S) groups is 1. The highest BCUT2D eigenvalue weighted by Gasteiger charge is 2.25. The van der Waals surface area contributed by atoms with Gasteiger partial charge in [0, 0.05) is 24.7 Å². The van der Waals surface area contributed by atoms with Gasteiger partial charge >= 0.3 is 0 Å². The van der Waals surface area contributed by atoms with Crippen molar-refractivity contribution in [3.8, 4) is 0 Å². The van der Waals surface area contributed by atoms with Crippen LogP contribution in [0.1, 0.15) is 37.1 Å². The van der Waals surface area contributed by atoms with E-state index in [9.17, 15) is 0 Å². The molecule has 5 heteroatoms. The molecular formula is C21H24N4S. The summed E-state index contributed by atoms with van der Waals surface area (Å²) >= 11 is 5.67. The Balaban J connectivity index is 1.44. The van der Waals surface area contributed by atoms with Crippen molar-refractivity contribution < 1.29 is 0 Å². The molecule has 0 unspecified atom stereocenters. The summed E-state index contributed by atoms with van der Waals surface area (Å²) in [6.07, 6.45) is 3.32. The molecule has 4 nitrogen and oxygen atoms in total. The molecule has 134 valence electrons. The maximum absolute atomic E-state index is 5.67. The third kappa shape index (κ3) is 3.58. The normalized spacial score (nSPS) is 17.4. The summed E-state index contributed by atoms with van der Waals surface area (Å²) in [5, 5.41) is 4.19. The van der Waals surface area contributed by atoms with Crippen LogP contribution in [0, 0.1) is 0 Å². The van der Waals surface area contributed by atoms with E-state index < -0.39 is 0 Å². The summed E-state index contributed by atoms with van der Waals surface area (Å²) in [6.45, 7) is 4.06. The van der Waals surface area contributed by atoms with Crippen molar-refractivity contribution in [2.75, 3.05) is 18.4 Å². The Morgan fingerprint density at radius 3 is 2.81 bits per heavy atom. The van der Waals surface area contributed by atoms with Crippen molar-refractivity contribution in [1.82, 2.24) is 14.9 Å². The quantitative estimate of drug-likeness (QED) is 0.661. The van der Waals surface area contributed by atoms with Gasteiger partial charge in [0.15, 0.2) is 5.11 Å². The van der Waals surface area contributed by atoms with E-state index in [1.165, 1.54) is 5.56 Å². The topological polar surface area (TPSA) is 44.0 Å². The first-order valence-electron chi connectivity index (χ1n) is 9.32. The van der Waals surface area contributed by atoms with Crippen LogP contribution < -0.4 is 5.32 Å². The lowest BCUT2D eigenvalue weighted by Gasteiger charge is -2.33. The minimum Gasteiger partial charge on any atom is -0.348 e. The van der Waals surface area contributed by atoms with Crippen molar-refractivity contribution in [3.63, 3.8) is 0 Å². The lowest BCUT2D eigenvalue weighted by molar-refractivity contribution is 0.307. The summed E-state index contributed by atoms with van der Waals surface area (Å²) in [6, 6.07) is 16.7. The molecular weight excluding hydrogens is 340 g/mol. The Labute approximate surface area is 159 Å². The van der Waals surface area contributed by atoms with Crippen molar-refractivity contribution in [1.29, 1.82) is 0 Å². The van der Waals surface area contributed by atoms with Crippen LogP contribution in [0.3, 0.4) is 0 Å². The molecule has 1 fully saturated rings. The highest BCUT2D eigenvalue weighted by atomic mass is 32.1. The molecule has 3 aromatic rings. The van der Waals surface area contributed by atoms with Gasteiger partial charge in [-0.15, -0.1) is 0 Å². The van der Waals surface area contributed by atoms with E-state index in [0.29, 0.717) is 5.92 Å². The van der Waals surface area contributed by atoms with Crippen LogP contribution in [0.4, 0.5) is 5.69 Å². The number of aromatic nitrogens is 2. The van der Waals surface area contributed by atoms with Gasteiger partial charge in [0.05, 0.1) is 11.0 Å². The van der Waals surface area contributed by atoms with Crippen LogP contribution in [0.25, 0.3) is 11.0 Å². The minimum atomic E-state index is 0.387. The fraction of sp³-hybridized carbons (Fsp3) is 0.333. The van der Waals surface area contributed by atoms with Gasteiger partial charge < -0.3 is 15.2 Å². The lowest BCUT2D eigenvalue weighted by Crippen LogP contribution is -2.41. The van der Waals surface area contributed by atoms with Gasteiger partial charge in [-0.1, -0.05) is 31.2 Å². The molecule has 0 spiro atoms. The van der Waals surface area contributed by atoms with E-state index in [1.54, 1.807) is 0 Å². The Morgan fingerprint density at radius 2 is 2.04 bits per heavy atom. The molecule has 1 atom stereocenters. The number of H-pyrrole nitrogens is 1. The van der Waals surface area contributed by atoms with Gasteiger partial charge in [-0.3, -0.25) is 0 Å². The zero-order chi connectivity index (χ0) is 17.9. The van der Waals surface area contributed by atoms with Crippen molar-refractivity contribution in [3.05, 3.63) is 59.9 Å². The van der Waals surface area contributed by atoms with Crippen molar-refractivity contribution in [2.24, 2.45) is 0 Å². The molecule has 1 saturated heterocycles. The molecule has 0 amide bonds. The minimum absolute atomic E-state index is 0.387. The highest BCUT2D eigenvalue weighted by Crippen LogP contribution is 2.27. The lowest BCUT2D eigenvalue weighted by atomic mass is 9.98. The molecule has 1 aliphatic heterocycles. The van der Waals surface area contributed by atoms with Crippen LogP contribution in [0.2, 0.25) is 0 Å². The molecule has 0 radical (unpaired) electrons. The molecule has 1 aromatic heterocycles. The number of anilines is 1. The Morgan fingerprint density at radius 1 is 1.23 bits per heavy atom. The van der Waals surface area contributed by atoms with Crippen LogP contribution >= 0.6 is 12.2 Å². The summed E-state index contributed by atoms with van der Waals surface area (Å²) in [4.78, 5) is 10.5. The number of fused-ring (bicyclic) bond motifs is 1. The number of nitrogens with one attached hydrogen (secondary N) is 2. The largest absolute Gasteiger partial charge is 0.348 e. The SMILES string of the molecule is CCc1ccc(NC(=S)N2CCC[C@@H](c3nc4ccccc4[nH]3)C2)cc1. The molecule has 0 saturated carbocycles.